The van der Waals surface area contributed by atoms with Crippen LogP contribution in [-0.4, -0.2) is 5.91 Å². The van der Waals surface area contributed by atoms with Gasteiger partial charge in [0.25, 0.3) is 6.43 Å². The molecule has 0 aliphatic carbocycles. The largest absolute Gasteiger partial charge is 0.488 e. The zero-order valence-electron chi connectivity index (χ0n) is 14.1. The van der Waals surface area contributed by atoms with Crippen LogP contribution in [-0.2, 0) is 17.8 Å². The predicted molar refractivity (Wildman–Crippen MR) is 103 cm³/mol. The molecule has 0 atom stereocenters. The second-order valence-electron chi connectivity index (χ2n) is 5.48. The number of carbonyl (C=O) groups excluding carboxylic acids is 1. The quantitative estimate of drug-likeness (QED) is 0.538. The molecule has 0 radical (unpaired) electrons. The fourth-order valence-corrected chi connectivity index (χ4v) is 2.98. The number of nitrogens with one attached hydrogen (secondary N) is 1. The van der Waals surface area contributed by atoms with Crippen LogP contribution < -0.4 is 10.1 Å². The molecule has 134 valence electrons. The van der Waals surface area contributed by atoms with E-state index in [1.165, 1.54) is 6.07 Å². The van der Waals surface area contributed by atoms with Gasteiger partial charge < -0.3 is 10.1 Å². The molecule has 0 heterocycles. The third-order valence-corrected chi connectivity index (χ3v) is 4.81. The second-order valence-corrected chi connectivity index (χ2v) is 6.64. The number of hydrogen-bond acceptors (Lipinski definition) is 2. The summed E-state index contributed by atoms with van der Waals surface area (Å²) >= 11 is 2.14. The first-order valence-corrected chi connectivity index (χ1v) is 9.15. The monoisotopic (exact) mass is 459 g/mol. The second kappa shape index (κ2) is 9.12. The number of benzene rings is 2. The van der Waals surface area contributed by atoms with Crippen LogP contribution in [0.5, 0.6) is 5.75 Å². The maximum atomic E-state index is 13.3. The fraction of sp³-hybridized carbons (Fsp3) is 0.316. The van der Waals surface area contributed by atoms with E-state index in [1.54, 1.807) is 25.1 Å². The normalized spacial score (nSPS) is 10.8. The van der Waals surface area contributed by atoms with Gasteiger partial charge in [-0.05, 0) is 58.8 Å². The molecule has 0 aliphatic heterocycles. The zero-order chi connectivity index (χ0) is 18.4. The Hall–Kier alpha value is -1.70. The van der Waals surface area contributed by atoms with Crippen LogP contribution >= 0.6 is 22.6 Å². The lowest BCUT2D eigenvalue weighted by atomic mass is 10.1. The molecule has 2 aromatic carbocycles. The lowest BCUT2D eigenvalue weighted by molar-refractivity contribution is -0.115. The van der Waals surface area contributed by atoms with Crippen molar-refractivity contribution in [3.8, 4) is 5.75 Å². The standard InChI is InChI=1S/C19H20F2INO2/c1-3-12-8-9-17(13(10-12)19(20)21)25-11-14-15(22)6-5-7-16(14)23-18(24)4-2/h5-10,19H,3-4,11H2,1-2H3,(H,23,24). The minimum absolute atomic E-state index is 0.101. The summed E-state index contributed by atoms with van der Waals surface area (Å²) in [6, 6.07) is 10.3. The van der Waals surface area contributed by atoms with Crippen LogP contribution in [0.15, 0.2) is 36.4 Å². The van der Waals surface area contributed by atoms with Crippen molar-refractivity contribution in [3.63, 3.8) is 0 Å². The number of ether oxygens (including phenoxy) is 1. The van der Waals surface area contributed by atoms with Crippen molar-refractivity contribution in [2.24, 2.45) is 0 Å². The van der Waals surface area contributed by atoms with Gasteiger partial charge in [-0.3, -0.25) is 4.79 Å². The third-order valence-electron chi connectivity index (χ3n) is 3.80. The number of hydrogen-bond donors (Lipinski definition) is 1. The predicted octanol–water partition coefficient (Wildman–Crippen LogP) is 5.72. The van der Waals surface area contributed by atoms with Crippen molar-refractivity contribution in [2.75, 3.05) is 5.32 Å². The van der Waals surface area contributed by atoms with Gasteiger partial charge in [0.05, 0.1) is 5.56 Å². The number of aryl methyl sites for hydroxylation is 1. The molecular weight excluding hydrogens is 439 g/mol. The summed E-state index contributed by atoms with van der Waals surface area (Å²) in [6.45, 7) is 3.79. The maximum Gasteiger partial charge on any atom is 0.267 e. The summed E-state index contributed by atoms with van der Waals surface area (Å²) in [5.74, 6) is 0.0587. The molecule has 0 unspecified atom stereocenters. The van der Waals surface area contributed by atoms with Gasteiger partial charge in [-0.2, -0.15) is 0 Å². The van der Waals surface area contributed by atoms with Crippen molar-refractivity contribution < 1.29 is 18.3 Å². The van der Waals surface area contributed by atoms with Crippen molar-refractivity contribution in [3.05, 3.63) is 56.7 Å². The van der Waals surface area contributed by atoms with Crippen molar-refractivity contribution in [1.82, 2.24) is 0 Å². The highest BCUT2D eigenvalue weighted by Gasteiger charge is 2.16. The molecule has 3 nitrogen and oxygen atoms in total. The highest BCUT2D eigenvalue weighted by Crippen LogP contribution is 2.32. The average molecular weight is 459 g/mol. The fourth-order valence-electron chi connectivity index (χ4n) is 2.33. The lowest BCUT2D eigenvalue weighted by Gasteiger charge is -2.16. The summed E-state index contributed by atoms with van der Waals surface area (Å²) < 4.78 is 33.2. The Morgan fingerprint density at radius 1 is 1.24 bits per heavy atom. The Balaban J connectivity index is 2.26. The van der Waals surface area contributed by atoms with Crippen LogP contribution in [0.4, 0.5) is 14.5 Å². The number of alkyl halides is 2. The number of amides is 1. The molecule has 1 N–H and O–H groups in total. The van der Waals surface area contributed by atoms with Crippen LogP contribution in [0.2, 0.25) is 0 Å². The molecule has 0 aliphatic rings. The Labute approximate surface area is 159 Å². The van der Waals surface area contributed by atoms with Crippen LogP contribution in [0.25, 0.3) is 0 Å². The van der Waals surface area contributed by atoms with E-state index in [9.17, 15) is 13.6 Å². The smallest absolute Gasteiger partial charge is 0.267 e. The summed E-state index contributed by atoms with van der Waals surface area (Å²) in [7, 11) is 0. The van der Waals surface area contributed by atoms with Gasteiger partial charge >= 0.3 is 0 Å². The lowest BCUT2D eigenvalue weighted by Crippen LogP contribution is -2.13. The number of anilines is 1. The van der Waals surface area contributed by atoms with Crippen molar-refractivity contribution in [2.45, 2.75) is 39.7 Å². The Kier molecular flexibility index (Phi) is 7.16. The molecule has 25 heavy (non-hydrogen) atoms. The van der Waals surface area contributed by atoms with Crippen LogP contribution in [0, 0.1) is 3.57 Å². The highest BCUT2D eigenvalue weighted by atomic mass is 127. The molecule has 0 bridgehead atoms. The third kappa shape index (κ3) is 5.14. The molecule has 0 aromatic heterocycles. The van der Waals surface area contributed by atoms with E-state index in [0.29, 0.717) is 18.5 Å². The van der Waals surface area contributed by atoms with Gasteiger partial charge in [-0.25, -0.2) is 8.78 Å². The number of carbonyl (C=O) groups is 1. The Morgan fingerprint density at radius 3 is 2.64 bits per heavy atom. The van der Waals surface area contributed by atoms with E-state index in [-0.39, 0.29) is 23.8 Å². The Morgan fingerprint density at radius 2 is 2.00 bits per heavy atom. The van der Waals surface area contributed by atoms with Gasteiger partial charge in [-0.1, -0.05) is 26.0 Å². The molecule has 2 rings (SSSR count). The van der Waals surface area contributed by atoms with Crippen molar-refractivity contribution in [1.29, 1.82) is 0 Å². The zero-order valence-corrected chi connectivity index (χ0v) is 16.3. The van der Waals surface area contributed by atoms with Crippen molar-refractivity contribution >= 4 is 34.2 Å². The van der Waals surface area contributed by atoms with E-state index in [0.717, 1.165) is 14.7 Å². The molecule has 0 saturated carbocycles. The average Bonchev–Trinajstić information content (AvgIpc) is 2.60. The minimum atomic E-state index is -2.60. The van der Waals surface area contributed by atoms with Gasteiger partial charge in [-0.15, -0.1) is 0 Å². The van der Waals surface area contributed by atoms with E-state index in [1.807, 2.05) is 19.1 Å². The Bertz CT molecular complexity index is 750. The summed E-state index contributed by atoms with van der Waals surface area (Å²) in [5, 5.41) is 2.82. The molecule has 0 saturated heterocycles. The summed E-state index contributed by atoms with van der Waals surface area (Å²) in [6.07, 6.45) is -1.56. The van der Waals surface area contributed by atoms with Gasteiger partial charge in [0.15, 0.2) is 0 Å². The molecule has 1 amide bonds. The van der Waals surface area contributed by atoms with Gasteiger partial charge in [0.1, 0.15) is 12.4 Å². The number of rotatable bonds is 7. The van der Waals surface area contributed by atoms with Gasteiger partial charge in [0.2, 0.25) is 5.91 Å². The molecule has 0 spiro atoms. The highest BCUT2D eigenvalue weighted by molar-refractivity contribution is 14.1. The van der Waals surface area contributed by atoms with E-state index in [4.69, 9.17) is 4.74 Å². The topological polar surface area (TPSA) is 38.3 Å². The number of halogens is 3. The van der Waals surface area contributed by atoms with Gasteiger partial charge in [0, 0.05) is 21.2 Å². The SMILES string of the molecule is CCC(=O)Nc1cccc(I)c1COc1ccc(CC)cc1C(F)F. The molecule has 2 aromatic rings. The van der Waals surface area contributed by atoms with E-state index >= 15 is 0 Å². The first kappa shape index (κ1) is 19.6. The summed E-state index contributed by atoms with van der Waals surface area (Å²) in [4.78, 5) is 11.7. The first-order valence-electron chi connectivity index (χ1n) is 8.07. The first-order chi connectivity index (χ1) is 12.0. The van der Waals surface area contributed by atoms with E-state index in [2.05, 4.69) is 27.9 Å². The van der Waals surface area contributed by atoms with E-state index < -0.39 is 6.43 Å². The molecular formula is C19H20F2INO2. The molecule has 6 heteroatoms. The maximum absolute atomic E-state index is 13.3. The van der Waals surface area contributed by atoms with Crippen LogP contribution in [0.3, 0.4) is 0 Å². The summed E-state index contributed by atoms with van der Waals surface area (Å²) in [5.41, 5.74) is 2.14. The molecule has 0 fully saturated rings. The minimum Gasteiger partial charge on any atom is -0.488 e. The van der Waals surface area contributed by atoms with Crippen LogP contribution in [0.1, 0.15) is 43.4 Å².